The van der Waals surface area contributed by atoms with Crippen LogP contribution in [0.25, 0.3) is 0 Å². The summed E-state index contributed by atoms with van der Waals surface area (Å²) in [5.41, 5.74) is 2.59. The number of nitrogens with one attached hydrogen (secondary N) is 1. The van der Waals surface area contributed by atoms with Gasteiger partial charge in [-0.3, -0.25) is 14.4 Å². The first kappa shape index (κ1) is 16.9. The largest absolute Gasteiger partial charge is 0.338 e. The van der Waals surface area contributed by atoms with Crippen molar-refractivity contribution in [2.75, 3.05) is 11.9 Å². The van der Waals surface area contributed by atoms with Gasteiger partial charge in [-0.15, -0.1) is 0 Å². The van der Waals surface area contributed by atoms with Crippen LogP contribution in [-0.4, -0.2) is 29.0 Å². The molecule has 1 aliphatic rings. The van der Waals surface area contributed by atoms with Crippen molar-refractivity contribution >= 4 is 23.3 Å². The lowest BCUT2D eigenvalue weighted by molar-refractivity contribution is -0.128. The van der Waals surface area contributed by atoms with E-state index in [1.54, 1.807) is 36.4 Å². The summed E-state index contributed by atoms with van der Waals surface area (Å²) in [7, 11) is 0. The lowest BCUT2D eigenvalue weighted by atomic mass is 10.1. The van der Waals surface area contributed by atoms with Gasteiger partial charge >= 0.3 is 0 Å². The van der Waals surface area contributed by atoms with Crippen molar-refractivity contribution < 1.29 is 14.4 Å². The maximum Gasteiger partial charge on any atom is 0.255 e. The molecule has 0 aliphatic carbocycles. The van der Waals surface area contributed by atoms with Gasteiger partial charge in [0.1, 0.15) is 0 Å². The molecule has 5 nitrogen and oxygen atoms in total. The summed E-state index contributed by atoms with van der Waals surface area (Å²) >= 11 is 0. The summed E-state index contributed by atoms with van der Waals surface area (Å²) in [6.07, 6.45) is 1.50. The summed E-state index contributed by atoms with van der Waals surface area (Å²) < 4.78 is 0. The number of anilines is 1. The van der Waals surface area contributed by atoms with Crippen LogP contribution in [0, 0.1) is 0 Å². The minimum absolute atomic E-state index is 0.0478. The number of benzene rings is 2. The molecule has 2 aromatic carbocycles. The number of hydrogen-bond acceptors (Lipinski definition) is 3. The second-order valence-electron chi connectivity index (χ2n) is 6.21. The fourth-order valence-electron chi connectivity index (χ4n) is 2.92. The van der Waals surface area contributed by atoms with Crippen molar-refractivity contribution in [2.24, 2.45) is 0 Å². The molecule has 0 unspecified atom stereocenters. The molecule has 25 heavy (non-hydrogen) atoms. The van der Waals surface area contributed by atoms with Crippen LogP contribution in [-0.2, 0) is 11.3 Å². The average Bonchev–Trinajstić information content (AvgIpc) is 3.00. The highest BCUT2D eigenvalue weighted by molar-refractivity contribution is 6.05. The Balaban J connectivity index is 1.72. The first-order valence-corrected chi connectivity index (χ1v) is 8.32. The Morgan fingerprint density at radius 3 is 2.56 bits per heavy atom. The van der Waals surface area contributed by atoms with E-state index in [2.05, 4.69) is 5.32 Å². The Bertz CT molecular complexity index is 829. The third kappa shape index (κ3) is 4.12. The van der Waals surface area contributed by atoms with E-state index in [1.165, 1.54) is 6.92 Å². The second kappa shape index (κ2) is 7.30. The Labute approximate surface area is 146 Å². The van der Waals surface area contributed by atoms with Crippen LogP contribution in [0.3, 0.4) is 0 Å². The molecule has 3 rings (SSSR count). The molecule has 0 spiro atoms. The molecule has 1 aliphatic heterocycles. The maximum absolute atomic E-state index is 12.5. The zero-order chi connectivity index (χ0) is 17.8. The quantitative estimate of drug-likeness (QED) is 0.852. The smallest absolute Gasteiger partial charge is 0.255 e. The van der Waals surface area contributed by atoms with Crippen molar-refractivity contribution in [1.29, 1.82) is 0 Å². The molecule has 0 bridgehead atoms. The third-order valence-electron chi connectivity index (χ3n) is 4.26. The molecule has 1 N–H and O–H groups in total. The van der Waals surface area contributed by atoms with E-state index >= 15 is 0 Å². The van der Waals surface area contributed by atoms with Gasteiger partial charge in [-0.05, 0) is 43.2 Å². The van der Waals surface area contributed by atoms with Crippen LogP contribution < -0.4 is 5.32 Å². The number of carbonyl (C=O) groups is 3. The first-order valence-electron chi connectivity index (χ1n) is 8.32. The fraction of sp³-hybridized carbons (Fsp3) is 0.250. The number of nitrogens with zero attached hydrogens (tertiary/aromatic N) is 1. The number of rotatable bonds is 5. The summed E-state index contributed by atoms with van der Waals surface area (Å²) in [4.78, 5) is 37.5. The van der Waals surface area contributed by atoms with Gasteiger partial charge in [0.25, 0.3) is 5.91 Å². The molecule has 128 valence electrons. The number of likely N-dealkylation sites (tertiary alicyclic amines) is 1. The minimum atomic E-state index is -0.240. The average molecular weight is 336 g/mol. The molecule has 1 fully saturated rings. The van der Waals surface area contributed by atoms with Gasteiger partial charge in [0.15, 0.2) is 5.78 Å². The summed E-state index contributed by atoms with van der Waals surface area (Å²) in [5.74, 6) is -0.125. The van der Waals surface area contributed by atoms with Gasteiger partial charge in [-0.25, -0.2) is 0 Å². The third-order valence-corrected chi connectivity index (χ3v) is 4.26. The standard InChI is InChI=1S/C20H20N2O3/c1-14(23)16-6-3-8-18(12-16)21-20(25)17-7-2-5-15(11-17)13-22-10-4-9-19(22)24/h2-3,5-8,11-12H,4,9-10,13H2,1H3,(H,21,25). The first-order chi connectivity index (χ1) is 12.0. The highest BCUT2D eigenvalue weighted by atomic mass is 16.2. The van der Waals surface area contributed by atoms with Gasteiger partial charge in [-0.2, -0.15) is 0 Å². The van der Waals surface area contributed by atoms with E-state index < -0.39 is 0 Å². The zero-order valence-corrected chi connectivity index (χ0v) is 14.1. The van der Waals surface area contributed by atoms with E-state index in [-0.39, 0.29) is 17.6 Å². The van der Waals surface area contributed by atoms with Gasteiger partial charge in [-0.1, -0.05) is 24.3 Å². The highest BCUT2D eigenvalue weighted by Gasteiger charge is 2.20. The van der Waals surface area contributed by atoms with Crippen molar-refractivity contribution in [1.82, 2.24) is 4.90 Å². The lowest BCUT2D eigenvalue weighted by Gasteiger charge is -2.16. The van der Waals surface area contributed by atoms with Gasteiger partial charge in [0.2, 0.25) is 5.91 Å². The number of ketones is 1. The monoisotopic (exact) mass is 336 g/mol. The summed E-state index contributed by atoms with van der Waals surface area (Å²) in [5, 5.41) is 2.81. The number of hydrogen-bond donors (Lipinski definition) is 1. The van der Waals surface area contributed by atoms with Crippen LogP contribution >= 0.6 is 0 Å². The van der Waals surface area contributed by atoms with Crippen LogP contribution in [0.4, 0.5) is 5.69 Å². The Morgan fingerprint density at radius 1 is 1.08 bits per heavy atom. The van der Waals surface area contributed by atoms with Crippen LogP contribution in [0.5, 0.6) is 0 Å². The lowest BCUT2D eigenvalue weighted by Crippen LogP contribution is -2.24. The Hall–Kier alpha value is -2.95. The van der Waals surface area contributed by atoms with E-state index in [4.69, 9.17) is 0 Å². The molecular weight excluding hydrogens is 316 g/mol. The SMILES string of the molecule is CC(=O)c1cccc(NC(=O)c2cccc(CN3CCCC3=O)c2)c1. The Kier molecular flexibility index (Phi) is 4.93. The molecule has 2 aromatic rings. The van der Waals surface area contributed by atoms with Gasteiger partial charge in [0, 0.05) is 36.3 Å². The maximum atomic E-state index is 12.5. The normalized spacial score (nSPS) is 13.8. The fourth-order valence-corrected chi connectivity index (χ4v) is 2.92. The van der Waals surface area contributed by atoms with Crippen molar-refractivity contribution in [3.05, 3.63) is 65.2 Å². The van der Waals surface area contributed by atoms with Crippen molar-refractivity contribution in [3.8, 4) is 0 Å². The van der Waals surface area contributed by atoms with Crippen LogP contribution in [0.15, 0.2) is 48.5 Å². The summed E-state index contributed by atoms with van der Waals surface area (Å²) in [6.45, 7) is 2.79. The molecule has 0 saturated carbocycles. The molecular formula is C20H20N2O3. The van der Waals surface area contributed by atoms with Gasteiger partial charge < -0.3 is 10.2 Å². The molecule has 2 amide bonds. The molecule has 0 radical (unpaired) electrons. The Morgan fingerprint density at radius 2 is 1.84 bits per heavy atom. The van der Waals surface area contributed by atoms with E-state index in [0.717, 1.165) is 18.5 Å². The summed E-state index contributed by atoms with van der Waals surface area (Å²) in [6, 6.07) is 14.1. The second-order valence-corrected chi connectivity index (χ2v) is 6.21. The van der Waals surface area contributed by atoms with Crippen molar-refractivity contribution in [2.45, 2.75) is 26.3 Å². The van der Waals surface area contributed by atoms with E-state index in [1.807, 2.05) is 17.0 Å². The molecule has 1 heterocycles. The van der Waals surface area contributed by atoms with Gasteiger partial charge in [0.05, 0.1) is 0 Å². The molecule has 1 saturated heterocycles. The predicted octanol–water partition coefficient (Wildman–Crippen LogP) is 3.26. The minimum Gasteiger partial charge on any atom is -0.338 e. The predicted molar refractivity (Wildman–Crippen MR) is 95.5 cm³/mol. The van der Waals surface area contributed by atoms with Crippen LogP contribution in [0.2, 0.25) is 0 Å². The van der Waals surface area contributed by atoms with Crippen LogP contribution in [0.1, 0.15) is 46.0 Å². The molecule has 5 heteroatoms. The molecule has 0 atom stereocenters. The zero-order valence-electron chi connectivity index (χ0n) is 14.1. The highest BCUT2D eigenvalue weighted by Crippen LogP contribution is 2.17. The van der Waals surface area contributed by atoms with Crippen molar-refractivity contribution in [3.63, 3.8) is 0 Å². The van der Waals surface area contributed by atoms with E-state index in [9.17, 15) is 14.4 Å². The number of Topliss-reactive ketones (excluding diaryl/α,β-unsaturated/α-hetero) is 1. The topological polar surface area (TPSA) is 66.5 Å². The number of amides is 2. The van der Waals surface area contributed by atoms with E-state index in [0.29, 0.717) is 29.8 Å². The number of carbonyl (C=O) groups excluding carboxylic acids is 3. The molecule has 0 aromatic heterocycles.